The highest BCUT2D eigenvalue weighted by Crippen LogP contribution is 2.54. The summed E-state index contributed by atoms with van der Waals surface area (Å²) >= 11 is 0. The maximum Gasteiger partial charge on any atom is 0.341 e. The lowest BCUT2D eigenvalue weighted by Crippen LogP contribution is -2.51. The number of benzene rings is 1. The Morgan fingerprint density at radius 2 is 1.88 bits per heavy atom. The molecule has 1 aromatic rings. The zero-order valence-electron chi connectivity index (χ0n) is 19.0. The molecule has 0 saturated heterocycles. The van der Waals surface area contributed by atoms with E-state index in [0.717, 1.165) is 0 Å². The lowest BCUT2D eigenvalue weighted by Gasteiger charge is -2.37. The molecule has 8 nitrogen and oxygen atoms in total. The average Bonchev–Trinajstić information content (AvgIpc) is 2.90. The van der Waals surface area contributed by atoms with E-state index in [1.54, 1.807) is 58.0 Å². The summed E-state index contributed by atoms with van der Waals surface area (Å²) in [6.45, 7) is 12.2. The molecule has 2 N–H and O–H groups in total. The van der Waals surface area contributed by atoms with Gasteiger partial charge in [-0.3, -0.25) is 4.79 Å². The molecule has 3 rings (SSSR count). The van der Waals surface area contributed by atoms with Crippen molar-refractivity contribution in [1.82, 2.24) is 0 Å². The second kappa shape index (κ2) is 8.18. The van der Waals surface area contributed by atoms with E-state index in [9.17, 15) is 14.4 Å². The molecular formula is C24H28N2O6. The number of carbonyl (C=O) groups is 3. The summed E-state index contributed by atoms with van der Waals surface area (Å²) in [6.07, 6.45) is 1.56. The molecule has 1 unspecified atom stereocenters. The number of anilines is 1. The molecule has 0 fully saturated rings. The number of carbonyl (C=O) groups excluding carboxylic acids is 3. The lowest BCUT2D eigenvalue weighted by molar-refractivity contribution is -0.152. The highest BCUT2D eigenvalue weighted by atomic mass is 16.6. The van der Waals surface area contributed by atoms with Crippen LogP contribution in [0.4, 0.5) is 5.69 Å². The Labute approximate surface area is 187 Å². The summed E-state index contributed by atoms with van der Waals surface area (Å²) in [7, 11) is 0. The molecule has 8 heteroatoms. The van der Waals surface area contributed by atoms with Crippen LogP contribution in [0.15, 0.2) is 59.7 Å². The molecule has 0 aliphatic carbocycles. The van der Waals surface area contributed by atoms with Gasteiger partial charge in [0.1, 0.15) is 27.9 Å². The van der Waals surface area contributed by atoms with E-state index >= 15 is 0 Å². The average molecular weight is 440 g/mol. The van der Waals surface area contributed by atoms with Crippen molar-refractivity contribution in [2.45, 2.75) is 45.6 Å². The Bertz CT molecular complexity index is 1060. The van der Waals surface area contributed by atoms with Crippen molar-refractivity contribution in [1.29, 1.82) is 0 Å². The van der Waals surface area contributed by atoms with Gasteiger partial charge in [-0.15, -0.1) is 6.58 Å². The van der Waals surface area contributed by atoms with Crippen molar-refractivity contribution in [3.63, 3.8) is 0 Å². The van der Waals surface area contributed by atoms with Crippen LogP contribution < -0.4 is 10.6 Å². The number of para-hydroxylation sites is 1. The van der Waals surface area contributed by atoms with E-state index in [-0.39, 0.29) is 35.9 Å². The molecule has 2 aliphatic heterocycles. The van der Waals surface area contributed by atoms with Gasteiger partial charge in [0, 0.05) is 17.8 Å². The molecule has 0 saturated carbocycles. The largest absolute Gasteiger partial charge is 0.462 e. The van der Waals surface area contributed by atoms with Gasteiger partial charge in [-0.05, 0) is 40.7 Å². The second-order valence-electron chi connectivity index (χ2n) is 8.47. The molecule has 0 aromatic heterocycles. The van der Waals surface area contributed by atoms with Crippen molar-refractivity contribution < 1.29 is 28.6 Å². The fourth-order valence-corrected chi connectivity index (χ4v) is 4.17. The van der Waals surface area contributed by atoms with E-state index in [1.807, 2.05) is 0 Å². The van der Waals surface area contributed by atoms with Gasteiger partial charge in [-0.2, -0.15) is 0 Å². The van der Waals surface area contributed by atoms with Gasteiger partial charge in [0.15, 0.2) is 0 Å². The zero-order valence-corrected chi connectivity index (χ0v) is 19.0. The predicted molar refractivity (Wildman–Crippen MR) is 118 cm³/mol. The number of hydrogen-bond donors (Lipinski definition) is 1. The highest BCUT2D eigenvalue weighted by Gasteiger charge is 2.63. The van der Waals surface area contributed by atoms with Crippen LogP contribution in [0.2, 0.25) is 0 Å². The van der Waals surface area contributed by atoms with Crippen molar-refractivity contribution >= 4 is 23.5 Å². The second-order valence-corrected chi connectivity index (χ2v) is 8.47. The number of hydrogen-bond acceptors (Lipinski definition) is 7. The third-order valence-electron chi connectivity index (χ3n) is 5.17. The number of allylic oxidation sites excluding steroid dienone is 1. The lowest BCUT2D eigenvalue weighted by atomic mass is 9.67. The first-order chi connectivity index (χ1) is 15.0. The normalized spacial score (nSPS) is 20.3. The molecule has 0 bridgehead atoms. The van der Waals surface area contributed by atoms with Crippen molar-refractivity contribution in [3.05, 3.63) is 65.3 Å². The number of esters is 2. The van der Waals surface area contributed by atoms with Gasteiger partial charge in [0.25, 0.3) is 0 Å². The fraction of sp³-hybridized carbons (Fsp3) is 0.375. The number of amides is 1. The molecular weight excluding hydrogens is 412 g/mol. The van der Waals surface area contributed by atoms with Crippen LogP contribution >= 0.6 is 0 Å². The maximum absolute atomic E-state index is 14.1. The van der Waals surface area contributed by atoms with E-state index in [1.165, 1.54) is 11.8 Å². The Kier molecular flexibility index (Phi) is 5.91. The molecule has 170 valence electrons. The Hall–Kier alpha value is -3.55. The third-order valence-corrected chi connectivity index (χ3v) is 5.17. The minimum Gasteiger partial charge on any atom is -0.462 e. The molecule has 2 heterocycles. The van der Waals surface area contributed by atoms with E-state index < -0.39 is 28.9 Å². The SMILES string of the molecule is C=CCN1C(=O)C2(C(C(=O)OC(C)(C)C)=C(C)OC(N)=C2C(=O)OCC)c2ccccc21. The minimum absolute atomic E-state index is 0.0440. The Morgan fingerprint density at radius 3 is 2.47 bits per heavy atom. The summed E-state index contributed by atoms with van der Waals surface area (Å²) in [4.78, 5) is 42.2. The highest BCUT2D eigenvalue weighted by molar-refractivity contribution is 6.22. The quantitative estimate of drug-likeness (QED) is 0.554. The Morgan fingerprint density at radius 1 is 1.22 bits per heavy atom. The van der Waals surface area contributed by atoms with Gasteiger partial charge >= 0.3 is 11.9 Å². The van der Waals surface area contributed by atoms with Crippen LogP contribution in [0.1, 0.15) is 40.2 Å². The molecule has 1 atom stereocenters. The summed E-state index contributed by atoms with van der Waals surface area (Å²) in [6, 6.07) is 6.91. The molecule has 1 spiro atoms. The van der Waals surface area contributed by atoms with Gasteiger partial charge < -0.3 is 24.8 Å². The van der Waals surface area contributed by atoms with Crippen LogP contribution in [-0.2, 0) is 34.0 Å². The summed E-state index contributed by atoms with van der Waals surface area (Å²) in [5.74, 6) is -2.38. The minimum atomic E-state index is -1.87. The van der Waals surface area contributed by atoms with Gasteiger partial charge in [0.2, 0.25) is 11.8 Å². The van der Waals surface area contributed by atoms with Crippen LogP contribution in [0.3, 0.4) is 0 Å². The summed E-state index contributed by atoms with van der Waals surface area (Å²) in [5.41, 5.74) is 4.04. The first-order valence-corrected chi connectivity index (χ1v) is 10.3. The van der Waals surface area contributed by atoms with Gasteiger partial charge in [-0.25, -0.2) is 9.59 Å². The number of ether oxygens (including phenoxy) is 3. The van der Waals surface area contributed by atoms with E-state index in [4.69, 9.17) is 19.9 Å². The molecule has 0 radical (unpaired) electrons. The topological polar surface area (TPSA) is 108 Å². The zero-order chi connectivity index (χ0) is 23.8. The smallest absolute Gasteiger partial charge is 0.341 e. The van der Waals surface area contributed by atoms with Crippen LogP contribution in [-0.4, -0.2) is 36.6 Å². The summed E-state index contributed by atoms with van der Waals surface area (Å²) < 4.78 is 16.5. The molecule has 1 amide bonds. The number of nitrogens with zero attached hydrogens (tertiary/aromatic N) is 1. The van der Waals surface area contributed by atoms with E-state index in [2.05, 4.69) is 6.58 Å². The summed E-state index contributed by atoms with van der Waals surface area (Å²) in [5, 5.41) is 0. The monoisotopic (exact) mass is 440 g/mol. The van der Waals surface area contributed by atoms with Crippen LogP contribution in [0.25, 0.3) is 0 Å². The number of rotatable bonds is 5. The van der Waals surface area contributed by atoms with Crippen LogP contribution in [0, 0.1) is 0 Å². The van der Waals surface area contributed by atoms with Gasteiger partial charge in [0.05, 0.1) is 6.61 Å². The van der Waals surface area contributed by atoms with Crippen molar-refractivity contribution in [2.75, 3.05) is 18.1 Å². The standard InChI is InChI=1S/C24H28N2O6/c1-7-13-26-16-12-10-9-11-15(16)24(22(26)29)17(21(28)32-23(4,5)6)14(3)31-19(25)18(24)20(27)30-8-2/h7,9-12H,1,8,13,25H2,2-6H3. The van der Waals surface area contributed by atoms with Crippen molar-refractivity contribution in [3.8, 4) is 0 Å². The maximum atomic E-state index is 14.1. The first-order valence-electron chi connectivity index (χ1n) is 10.3. The fourth-order valence-electron chi connectivity index (χ4n) is 4.17. The molecule has 2 aliphatic rings. The number of fused-ring (bicyclic) bond motifs is 2. The Balaban J connectivity index is 2.41. The van der Waals surface area contributed by atoms with E-state index in [0.29, 0.717) is 11.3 Å². The molecule has 32 heavy (non-hydrogen) atoms. The third kappa shape index (κ3) is 3.45. The molecule has 1 aromatic carbocycles. The first kappa shape index (κ1) is 23.1. The van der Waals surface area contributed by atoms with Crippen LogP contribution in [0.5, 0.6) is 0 Å². The van der Waals surface area contributed by atoms with Crippen molar-refractivity contribution in [2.24, 2.45) is 5.73 Å². The number of nitrogens with two attached hydrogens (primary N) is 1. The predicted octanol–water partition coefficient (Wildman–Crippen LogP) is 2.84. The van der Waals surface area contributed by atoms with Gasteiger partial charge in [-0.1, -0.05) is 24.3 Å².